The van der Waals surface area contributed by atoms with Crippen molar-refractivity contribution in [3.63, 3.8) is 0 Å². The predicted octanol–water partition coefficient (Wildman–Crippen LogP) is 4.30. The van der Waals surface area contributed by atoms with Crippen LogP contribution in [0.25, 0.3) is 31.8 Å². The third-order valence-electron chi connectivity index (χ3n) is 5.42. The number of hydrogen-bond donors (Lipinski definition) is 2. The number of nitrogens with zero attached hydrogens (tertiary/aromatic N) is 4. The number of amides is 2. The molecule has 1 aromatic carbocycles. The number of carbonyl (C=O) groups excluding carboxylic acids is 1. The van der Waals surface area contributed by atoms with Crippen LogP contribution in [0.4, 0.5) is 15.1 Å². The van der Waals surface area contributed by atoms with Crippen LogP contribution in [-0.2, 0) is 0 Å². The number of pyridine rings is 1. The molecule has 7 nitrogen and oxygen atoms in total. The summed E-state index contributed by atoms with van der Waals surface area (Å²) in [6, 6.07) is 11.5. The van der Waals surface area contributed by atoms with Crippen LogP contribution in [0.3, 0.4) is 0 Å². The van der Waals surface area contributed by atoms with E-state index in [0.717, 1.165) is 37.3 Å². The molecule has 0 unspecified atom stereocenters. The van der Waals surface area contributed by atoms with E-state index in [1.165, 1.54) is 6.07 Å². The Balaban J connectivity index is 1.41. The molecule has 0 aliphatic carbocycles. The molecule has 0 bridgehead atoms. The van der Waals surface area contributed by atoms with E-state index in [1.807, 2.05) is 31.2 Å². The van der Waals surface area contributed by atoms with Gasteiger partial charge in [0.2, 0.25) is 11.9 Å². The van der Waals surface area contributed by atoms with Crippen LogP contribution in [0.15, 0.2) is 48.8 Å². The summed E-state index contributed by atoms with van der Waals surface area (Å²) in [4.78, 5) is 27.1. The molecule has 0 atom stereocenters. The fourth-order valence-electron chi connectivity index (χ4n) is 3.80. The summed E-state index contributed by atoms with van der Waals surface area (Å²) < 4.78 is 14.9. The Kier molecular flexibility index (Phi) is 5.40. The minimum Gasteiger partial charge on any atom is -0.352 e. The van der Waals surface area contributed by atoms with Gasteiger partial charge in [-0.1, -0.05) is 18.2 Å². The molecule has 1 fully saturated rings. The van der Waals surface area contributed by atoms with Crippen LogP contribution >= 0.6 is 11.3 Å². The lowest BCUT2D eigenvalue weighted by molar-refractivity contribution is 0.219. The van der Waals surface area contributed by atoms with Crippen molar-refractivity contribution in [2.75, 3.05) is 31.5 Å². The van der Waals surface area contributed by atoms with Crippen molar-refractivity contribution in [2.45, 2.75) is 6.92 Å². The number of aromatic nitrogens is 3. The number of aryl methyl sites for hydroxylation is 1. The van der Waals surface area contributed by atoms with Gasteiger partial charge in [-0.25, -0.2) is 19.7 Å². The Morgan fingerprint density at radius 2 is 2.12 bits per heavy atom. The van der Waals surface area contributed by atoms with E-state index in [1.54, 1.807) is 28.6 Å². The zero-order valence-electron chi connectivity index (χ0n) is 17.4. The molecule has 1 aliphatic heterocycles. The quantitative estimate of drug-likeness (QED) is 0.430. The van der Waals surface area contributed by atoms with Crippen LogP contribution in [-0.4, -0.2) is 52.1 Å². The molecule has 0 saturated carbocycles. The van der Waals surface area contributed by atoms with Crippen molar-refractivity contribution >= 4 is 33.4 Å². The normalized spacial score (nSPS) is 13.6. The lowest BCUT2D eigenvalue weighted by Gasteiger charge is -2.14. The maximum absolute atomic E-state index is 13.8. The van der Waals surface area contributed by atoms with Gasteiger partial charge < -0.3 is 15.5 Å². The van der Waals surface area contributed by atoms with Crippen LogP contribution in [0.5, 0.6) is 0 Å². The summed E-state index contributed by atoms with van der Waals surface area (Å²) in [7, 11) is 0. The second-order valence-electron chi connectivity index (χ2n) is 7.57. The Bertz CT molecular complexity index is 1310. The zero-order valence-corrected chi connectivity index (χ0v) is 18.2. The Morgan fingerprint density at radius 1 is 1.22 bits per heavy atom. The Hall–Kier alpha value is -3.59. The van der Waals surface area contributed by atoms with E-state index in [-0.39, 0.29) is 6.03 Å². The van der Waals surface area contributed by atoms with Gasteiger partial charge in [-0.3, -0.25) is 0 Å². The summed E-state index contributed by atoms with van der Waals surface area (Å²) >= 11 is 1.62. The van der Waals surface area contributed by atoms with E-state index < -0.39 is 5.95 Å². The monoisotopic (exact) mass is 448 g/mol. The highest BCUT2D eigenvalue weighted by molar-refractivity contribution is 7.22. The van der Waals surface area contributed by atoms with Crippen molar-refractivity contribution < 1.29 is 9.18 Å². The van der Waals surface area contributed by atoms with Gasteiger partial charge in [0.15, 0.2) is 0 Å². The maximum Gasteiger partial charge on any atom is 0.317 e. The first-order chi connectivity index (χ1) is 15.6. The number of thiophene rings is 1. The highest BCUT2D eigenvalue weighted by Gasteiger charge is 2.18. The smallest absolute Gasteiger partial charge is 0.317 e. The van der Waals surface area contributed by atoms with E-state index in [2.05, 4.69) is 31.7 Å². The number of benzene rings is 1. The average molecular weight is 449 g/mol. The third-order valence-corrected chi connectivity index (χ3v) is 6.63. The lowest BCUT2D eigenvalue weighted by Crippen LogP contribution is -2.32. The minimum atomic E-state index is -0.489. The number of rotatable bonds is 6. The first-order valence-electron chi connectivity index (χ1n) is 10.3. The van der Waals surface area contributed by atoms with Gasteiger partial charge in [0, 0.05) is 49.3 Å². The van der Waals surface area contributed by atoms with Gasteiger partial charge in [-0.15, -0.1) is 11.3 Å². The Labute approximate surface area is 188 Å². The van der Waals surface area contributed by atoms with E-state index >= 15 is 0 Å². The van der Waals surface area contributed by atoms with E-state index in [0.29, 0.717) is 32.1 Å². The van der Waals surface area contributed by atoms with E-state index in [4.69, 9.17) is 0 Å². The molecule has 5 rings (SSSR count). The van der Waals surface area contributed by atoms with E-state index in [9.17, 15) is 9.18 Å². The van der Waals surface area contributed by atoms with Crippen LogP contribution in [0, 0.1) is 12.9 Å². The van der Waals surface area contributed by atoms with Crippen molar-refractivity contribution in [3.05, 3.63) is 60.3 Å². The fraction of sp³-hybridized carbons (Fsp3) is 0.217. The first-order valence-corrected chi connectivity index (χ1v) is 11.2. The number of anilines is 1. The molecule has 2 amide bonds. The number of halogens is 1. The maximum atomic E-state index is 13.8. The third kappa shape index (κ3) is 3.99. The summed E-state index contributed by atoms with van der Waals surface area (Å²) in [5.41, 5.74) is 3.56. The topological polar surface area (TPSA) is 83.0 Å². The molecule has 4 heterocycles. The molecule has 9 heteroatoms. The molecule has 32 heavy (non-hydrogen) atoms. The van der Waals surface area contributed by atoms with Crippen LogP contribution in [0.2, 0.25) is 0 Å². The number of nitrogens with one attached hydrogen (secondary N) is 2. The second-order valence-corrected chi connectivity index (χ2v) is 8.62. The second kappa shape index (κ2) is 8.51. The molecule has 3 aromatic heterocycles. The number of urea groups is 1. The summed E-state index contributed by atoms with van der Waals surface area (Å²) in [5, 5.41) is 7.06. The van der Waals surface area contributed by atoms with Gasteiger partial charge in [-0.05, 0) is 41.1 Å². The van der Waals surface area contributed by atoms with Gasteiger partial charge in [0.1, 0.15) is 0 Å². The standard InChI is InChI=1S/C23H21FN6OS/c1-14-13-28-20(24)12-17(14)16-4-2-3-15-11-19(32-21(15)16)18-5-6-25-22(29-18)26-7-9-30-10-8-27-23(30)31/h2-6,11-13H,7-10H2,1H3,(H,27,31)(H,25,26,29). The van der Waals surface area contributed by atoms with Crippen LogP contribution in [0.1, 0.15) is 5.56 Å². The van der Waals surface area contributed by atoms with Gasteiger partial charge in [0.05, 0.1) is 10.6 Å². The minimum absolute atomic E-state index is 0.0353. The zero-order chi connectivity index (χ0) is 22.1. The summed E-state index contributed by atoms with van der Waals surface area (Å²) in [5.74, 6) is 0.0316. The molecule has 2 N–H and O–H groups in total. The predicted molar refractivity (Wildman–Crippen MR) is 124 cm³/mol. The van der Waals surface area contributed by atoms with Gasteiger partial charge in [0.25, 0.3) is 0 Å². The number of fused-ring (bicyclic) bond motifs is 1. The summed E-state index contributed by atoms with van der Waals surface area (Å²) in [6.45, 7) is 4.49. The van der Waals surface area contributed by atoms with Crippen molar-refractivity contribution in [2.24, 2.45) is 0 Å². The first kappa shape index (κ1) is 20.3. The number of carbonyl (C=O) groups is 1. The molecule has 1 saturated heterocycles. The Morgan fingerprint density at radius 3 is 2.97 bits per heavy atom. The van der Waals surface area contributed by atoms with Crippen molar-refractivity contribution in [3.8, 4) is 21.7 Å². The highest BCUT2D eigenvalue weighted by atomic mass is 32.1. The molecular weight excluding hydrogens is 427 g/mol. The molecule has 0 radical (unpaired) electrons. The van der Waals surface area contributed by atoms with Crippen molar-refractivity contribution in [1.82, 2.24) is 25.2 Å². The SMILES string of the molecule is Cc1cnc(F)cc1-c1cccc2cc(-c3ccnc(NCCN4CCNC4=O)n3)sc12. The molecule has 1 aliphatic rings. The molecule has 162 valence electrons. The van der Waals surface area contributed by atoms with Crippen molar-refractivity contribution in [1.29, 1.82) is 0 Å². The largest absolute Gasteiger partial charge is 0.352 e. The van der Waals surface area contributed by atoms with Crippen LogP contribution < -0.4 is 10.6 Å². The summed E-state index contributed by atoms with van der Waals surface area (Å²) in [6.07, 6.45) is 3.28. The number of hydrogen-bond acceptors (Lipinski definition) is 6. The fourth-order valence-corrected chi connectivity index (χ4v) is 4.95. The molecule has 0 spiro atoms. The van der Waals surface area contributed by atoms with Gasteiger partial charge in [-0.2, -0.15) is 4.39 Å². The lowest BCUT2D eigenvalue weighted by atomic mass is 10.0. The van der Waals surface area contributed by atoms with Gasteiger partial charge >= 0.3 is 6.03 Å². The molecule has 4 aromatic rings. The molecular formula is C23H21FN6OS. The average Bonchev–Trinajstić information content (AvgIpc) is 3.42. The highest BCUT2D eigenvalue weighted by Crippen LogP contribution is 2.39.